The van der Waals surface area contributed by atoms with Gasteiger partial charge in [0, 0.05) is 40.9 Å². The number of hydrogen-bond donors (Lipinski definition) is 1. The van der Waals surface area contributed by atoms with E-state index in [1.165, 1.54) is 0 Å². The highest BCUT2D eigenvalue weighted by atomic mass is 35.5. The van der Waals surface area contributed by atoms with Gasteiger partial charge in [-0.1, -0.05) is 17.7 Å². The molecule has 0 radical (unpaired) electrons. The smallest absolute Gasteiger partial charge is 0.259 e. The van der Waals surface area contributed by atoms with Crippen molar-refractivity contribution in [3.63, 3.8) is 0 Å². The number of benzene rings is 2. The van der Waals surface area contributed by atoms with E-state index in [4.69, 9.17) is 11.6 Å². The number of fused-ring (bicyclic) bond motifs is 1. The van der Waals surface area contributed by atoms with Crippen molar-refractivity contribution in [2.24, 2.45) is 0 Å². The summed E-state index contributed by atoms with van der Waals surface area (Å²) in [6.45, 7) is 0.606. The highest BCUT2D eigenvalue weighted by Gasteiger charge is 2.26. The number of halogens is 1. The highest BCUT2D eigenvalue weighted by Crippen LogP contribution is 2.31. The van der Waals surface area contributed by atoms with E-state index >= 15 is 0 Å². The van der Waals surface area contributed by atoms with Crippen LogP contribution in [0.3, 0.4) is 0 Å². The van der Waals surface area contributed by atoms with Gasteiger partial charge in [0.25, 0.3) is 11.8 Å². The van der Waals surface area contributed by atoms with Crippen molar-refractivity contribution in [3.05, 3.63) is 88.7 Å². The highest BCUT2D eigenvalue weighted by molar-refractivity contribution is 6.31. The molecule has 2 heterocycles. The average Bonchev–Trinajstić information content (AvgIpc) is 3.11. The molecule has 0 bridgehead atoms. The Morgan fingerprint density at radius 3 is 2.67 bits per heavy atom. The lowest BCUT2D eigenvalue weighted by atomic mass is 10.1. The molecular formula is C21H16ClN3O2. The monoisotopic (exact) mass is 377 g/mol. The molecule has 2 aromatic carbocycles. The fraction of sp³-hybridized carbons (Fsp3) is 0.0952. The number of nitrogens with one attached hydrogen (secondary N) is 1. The van der Waals surface area contributed by atoms with Crippen LogP contribution >= 0.6 is 11.6 Å². The lowest BCUT2D eigenvalue weighted by Crippen LogP contribution is -2.28. The number of anilines is 2. The fourth-order valence-corrected chi connectivity index (χ4v) is 3.36. The van der Waals surface area contributed by atoms with E-state index in [0.29, 0.717) is 28.4 Å². The number of carbonyl (C=O) groups excluding carboxylic acids is 2. The Hall–Kier alpha value is -3.18. The number of aromatic nitrogens is 1. The molecule has 4 rings (SSSR count). The summed E-state index contributed by atoms with van der Waals surface area (Å²) >= 11 is 5.94. The van der Waals surface area contributed by atoms with Crippen LogP contribution in [0.25, 0.3) is 0 Å². The standard InChI is InChI=1S/C21H16ClN3O2/c22-17-5-1-3-15(11-17)20(26)24-18-6-7-19-14(12-18)8-10-25(19)21(27)16-4-2-9-23-13-16/h1-7,9,11-13H,8,10H2,(H,24,26). The van der Waals surface area contributed by atoms with Crippen molar-refractivity contribution in [2.45, 2.75) is 6.42 Å². The normalized spacial score (nSPS) is 12.6. The Kier molecular flexibility index (Phi) is 4.60. The first-order chi connectivity index (χ1) is 13.1. The maximum atomic E-state index is 12.7. The van der Waals surface area contributed by atoms with Gasteiger partial charge in [-0.15, -0.1) is 0 Å². The third-order valence-corrected chi connectivity index (χ3v) is 4.71. The average molecular weight is 378 g/mol. The molecule has 0 fully saturated rings. The van der Waals surface area contributed by atoms with Crippen molar-refractivity contribution in [1.29, 1.82) is 0 Å². The molecule has 0 saturated carbocycles. The zero-order valence-corrected chi connectivity index (χ0v) is 15.1. The summed E-state index contributed by atoms with van der Waals surface area (Å²) in [7, 11) is 0. The molecule has 0 unspecified atom stereocenters. The van der Waals surface area contributed by atoms with Crippen molar-refractivity contribution in [2.75, 3.05) is 16.8 Å². The molecule has 134 valence electrons. The van der Waals surface area contributed by atoms with Gasteiger partial charge in [0.15, 0.2) is 0 Å². The molecule has 1 aliphatic rings. The second-order valence-electron chi connectivity index (χ2n) is 6.26. The molecule has 1 aliphatic heterocycles. The van der Waals surface area contributed by atoms with Crippen LogP contribution in [0.5, 0.6) is 0 Å². The van der Waals surface area contributed by atoms with Gasteiger partial charge in [0.1, 0.15) is 0 Å². The first-order valence-electron chi connectivity index (χ1n) is 8.53. The molecule has 0 saturated heterocycles. The van der Waals surface area contributed by atoms with Crippen molar-refractivity contribution in [3.8, 4) is 0 Å². The van der Waals surface area contributed by atoms with Gasteiger partial charge in [-0.25, -0.2) is 0 Å². The fourth-order valence-electron chi connectivity index (χ4n) is 3.17. The Morgan fingerprint density at radius 2 is 1.89 bits per heavy atom. The minimum atomic E-state index is -0.223. The zero-order chi connectivity index (χ0) is 18.8. The molecule has 0 aliphatic carbocycles. The van der Waals surface area contributed by atoms with E-state index in [0.717, 1.165) is 17.7 Å². The second-order valence-corrected chi connectivity index (χ2v) is 6.69. The molecule has 27 heavy (non-hydrogen) atoms. The predicted octanol–water partition coefficient (Wildman–Crippen LogP) is 4.19. The summed E-state index contributed by atoms with van der Waals surface area (Å²) in [5.74, 6) is -0.295. The molecule has 3 aromatic rings. The predicted molar refractivity (Wildman–Crippen MR) is 105 cm³/mol. The lowest BCUT2D eigenvalue weighted by molar-refractivity contribution is 0.0987. The molecule has 1 N–H and O–H groups in total. The van der Waals surface area contributed by atoms with Crippen molar-refractivity contribution < 1.29 is 9.59 Å². The Bertz CT molecular complexity index is 1020. The maximum Gasteiger partial charge on any atom is 0.259 e. The van der Waals surface area contributed by atoms with E-state index < -0.39 is 0 Å². The summed E-state index contributed by atoms with van der Waals surface area (Å²) < 4.78 is 0. The van der Waals surface area contributed by atoms with E-state index in [2.05, 4.69) is 10.3 Å². The summed E-state index contributed by atoms with van der Waals surface area (Å²) in [6.07, 6.45) is 3.95. The topological polar surface area (TPSA) is 62.3 Å². The van der Waals surface area contributed by atoms with Crippen molar-refractivity contribution >= 4 is 34.8 Å². The minimum Gasteiger partial charge on any atom is -0.322 e. The number of hydrogen-bond acceptors (Lipinski definition) is 3. The van der Waals surface area contributed by atoms with E-state index in [9.17, 15) is 9.59 Å². The molecular weight excluding hydrogens is 362 g/mol. The van der Waals surface area contributed by atoms with Gasteiger partial charge in [0.2, 0.25) is 0 Å². The van der Waals surface area contributed by atoms with Crippen LogP contribution in [0.2, 0.25) is 5.02 Å². The van der Waals surface area contributed by atoms with Crippen LogP contribution in [0.15, 0.2) is 67.0 Å². The van der Waals surface area contributed by atoms with E-state index in [1.807, 2.05) is 12.1 Å². The summed E-state index contributed by atoms with van der Waals surface area (Å²) in [5.41, 5.74) is 3.63. The minimum absolute atomic E-state index is 0.0717. The first kappa shape index (κ1) is 17.2. The number of nitrogens with zero attached hydrogens (tertiary/aromatic N) is 2. The Labute approximate surface area is 161 Å². The molecule has 0 spiro atoms. The Morgan fingerprint density at radius 1 is 1.04 bits per heavy atom. The van der Waals surface area contributed by atoms with Crippen LogP contribution in [-0.2, 0) is 6.42 Å². The largest absolute Gasteiger partial charge is 0.322 e. The van der Waals surface area contributed by atoms with Crippen LogP contribution in [0, 0.1) is 0 Å². The van der Waals surface area contributed by atoms with Gasteiger partial charge in [-0.3, -0.25) is 14.6 Å². The number of pyridine rings is 1. The number of amides is 2. The number of rotatable bonds is 3. The van der Waals surface area contributed by atoms with Crippen LogP contribution in [0.1, 0.15) is 26.3 Å². The van der Waals surface area contributed by atoms with Gasteiger partial charge >= 0.3 is 0 Å². The van der Waals surface area contributed by atoms with Gasteiger partial charge in [-0.05, 0) is 60.5 Å². The van der Waals surface area contributed by atoms with Crippen LogP contribution < -0.4 is 10.2 Å². The summed E-state index contributed by atoms with van der Waals surface area (Å²) in [4.78, 5) is 30.8. The quantitative estimate of drug-likeness (QED) is 0.744. The third-order valence-electron chi connectivity index (χ3n) is 4.47. The van der Waals surface area contributed by atoms with Gasteiger partial charge in [-0.2, -0.15) is 0 Å². The van der Waals surface area contributed by atoms with E-state index in [1.54, 1.807) is 59.8 Å². The summed E-state index contributed by atoms with van der Waals surface area (Å²) in [6, 6.07) is 15.9. The van der Waals surface area contributed by atoms with Gasteiger partial charge < -0.3 is 10.2 Å². The van der Waals surface area contributed by atoms with Crippen LogP contribution in [0.4, 0.5) is 11.4 Å². The third kappa shape index (κ3) is 3.55. The summed E-state index contributed by atoms with van der Waals surface area (Å²) in [5, 5.41) is 3.39. The lowest BCUT2D eigenvalue weighted by Gasteiger charge is -2.17. The molecule has 6 heteroatoms. The SMILES string of the molecule is O=C(Nc1ccc2c(c1)CCN2C(=O)c1cccnc1)c1cccc(Cl)c1. The van der Waals surface area contributed by atoms with Crippen molar-refractivity contribution in [1.82, 2.24) is 4.98 Å². The second kappa shape index (κ2) is 7.21. The van der Waals surface area contributed by atoms with Gasteiger partial charge in [0.05, 0.1) is 5.56 Å². The molecule has 2 amide bonds. The number of carbonyl (C=O) groups is 2. The van der Waals surface area contributed by atoms with Crippen LogP contribution in [-0.4, -0.2) is 23.3 Å². The van der Waals surface area contributed by atoms with E-state index in [-0.39, 0.29) is 11.8 Å². The Balaban J connectivity index is 1.53. The maximum absolute atomic E-state index is 12.7. The zero-order valence-electron chi connectivity index (χ0n) is 14.4. The molecule has 0 atom stereocenters. The molecule has 5 nitrogen and oxygen atoms in total. The molecule has 1 aromatic heterocycles. The first-order valence-corrected chi connectivity index (χ1v) is 8.91.